The van der Waals surface area contributed by atoms with Gasteiger partial charge in [-0.3, -0.25) is 4.79 Å². The van der Waals surface area contributed by atoms with Gasteiger partial charge < -0.3 is 14.8 Å². The number of anilines is 1. The first-order valence-corrected chi connectivity index (χ1v) is 12.3. The van der Waals surface area contributed by atoms with Crippen LogP contribution >= 0.6 is 0 Å². The Labute approximate surface area is 190 Å². The Kier molecular flexibility index (Phi) is 7.46. The van der Waals surface area contributed by atoms with E-state index in [1.165, 1.54) is 17.5 Å². The maximum absolute atomic E-state index is 13.1. The number of rotatable bonds is 7. The third-order valence-electron chi connectivity index (χ3n) is 5.45. The van der Waals surface area contributed by atoms with E-state index in [2.05, 4.69) is 26.1 Å². The summed E-state index contributed by atoms with van der Waals surface area (Å²) >= 11 is 0. The van der Waals surface area contributed by atoms with Gasteiger partial charge in [0.15, 0.2) is 6.61 Å². The fourth-order valence-corrected chi connectivity index (χ4v) is 5.30. The maximum Gasteiger partial charge on any atom is 0.262 e. The number of benzene rings is 2. The molecule has 1 amide bonds. The van der Waals surface area contributed by atoms with Crippen molar-refractivity contribution in [3.05, 3.63) is 48.0 Å². The van der Waals surface area contributed by atoms with Crippen LogP contribution in [0.5, 0.6) is 11.5 Å². The molecule has 0 aliphatic carbocycles. The van der Waals surface area contributed by atoms with Gasteiger partial charge in [0.1, 0.15) is 16.4 Å². The van der Waals surface area contributed by atoms with Gasteiger partial charge >= 0.3 is 0 Å². The summed E-state index contributed by atoms with van der Waals surface area (Å²) in [6, 6.07) is 12.3. The van der Waals surface area contributed by atoms with E-state index in [-0.39, 0.29) is 28.6 Å². The number of nitrogens with one attached hydrogen (secondary N) is 1. The summed E-state index contributed by atoms with van der Waals surface area (Å²) in [7, 11) is -2.28. The van der Waals surface area contributed by atoms with E-state index in [1.807, 2.05) is 18.2 Å². The van der Waals surface area contributed by atoms with Crippen molar-refractivity contribution in [3.8, 4) is 11.5 Å². The Morgan fingerprint density at radius 3 is 2.44 bits per heavy atom. The molecule has 32 heavy (non-hydrogen) atoms. The highest BCUT2D eigenvalue weighted by molar-refractivity contribution is 7.89. The average molecular weight is 461 g/mol. The molecule has 0 radical (unpaired) electrons. The van der Waals surface area contributed by atoms with E-state index in [4.69, 9.17) is 9.47 Å². The zero-order valence-electron chi connectivity index (χ0n) is 19.2. The molecule has 0 unspecified atom stereocenters. The van der Waals surface area contributed by atoms with E-state index < -0.39 is 10.0 Å². The predicted molar refractivity (Wildman–Crippen MR) is 125 cm³/mol. The van der Waals surface area contributed by atoms with Crippen molar-refractivity contribution in [2.75, 3.05) is 32.1 Å². The van der Waals surface area contributed by atoms with Crippen LogP contribution in [0.1, 0.15) is 45.6 Å². The smallest absolute Gasteiger partial charge is 0.262 e. The van der Waals surface area contributed by atoms with Gasteiger partial charge in [-0.25, -0.2) is 8.42 Å². The van der Waals surface area contributed by atoms with Crippen LogP contribution in [-0.2, 0) is 20.2 Å². The Hall–Kier alpha value is -2.58. The van der Waals surface area contributed by atoms with Gasteiger partial charge in [0, 0.05) is 18.8 Å². The van der Waals surface area contributed by atoms with Gasteiger partial charge in [0.2, 0.25) is 10.0 Å². The summed E-state index contributed by atoms with van der Waals surface area (Å²) in [6.45, 7) is 7.12. The summed E-state index contributed by atoms with van der Waals surface area (Å²) in [5.74, 6) is 0.483. The standard InChI is InChI=1S/C24H32N2O5S/c1-24(2,3)18-9-8-10-20(15-18)31-17-23(27)25-19-11-12-21(30-4)22(16-19)32(28,29)26-13-6-5-7-14-26/h8-12,15-16H,5-7,13-14,17H2,1-4H3,(H,25,27). The number of hydrogen-bond donors (Lipinski definition) is 1. The molecule has 2 aromatic rings. The largest absolute Gasteiger partial charge is 0.495 e. The first-order valence-electron chi connectivity index (χ1n) is 10.8. The number of sulfonamides is 1. The Morgan fingerprint density at radius 1 is 1.06 bits per heavy atom. The van der Waals surface area contributed by atoms with Crippen molar-refractivity contribution in [2.45, 2.75) is 50.3 Å². The molecule has 2 aromatic carbocycles. The first-order chi connectivity index (χ1) is 15.1. The summed E-state index contributed by atoms with van der Waals surface area (Å²) in [6.07, 6.45) is 2.70. The van der Waals surface area contributed by atoms with E-state index in [0.29, 0.717) is 24.5 Å². The lowest BCUT2D eigenvalue weighted by atomic mass is 9.87. The molecule has 1 saturated heterocycles. The Bertz CT molecular complexity index is 1050. The second-order valence-corrected chi connectivity index (χ2v) is 10.9. The lowest BCUT2D eigenvalue weighted by molar-refractivity contribution is -0.118. The fraction of sp³-hybridized carbons (Fsp3) is 0.458. The van der Waals surface area contributed by atoms with Gasteiger partial charge in [0.25, 0.3) is 5.91 Å². The topological polar surface area (TPSA) is 84.9 Å². The zero-order chi connectivity index (χ0) is 23.4. The second-order valence-electron chi connectivity index (χ2n) is 8.95. The minimum atomic E-state index is -3.71. The molecule has 1 N–H and O–H groups in total. The van der Waals surface area contributed by atoms with Crippen LogP contribution < -0.4 is 14.8 Å². The third-order valence-corrected chi connectivity index (χ3v) is 7.37. The molecule has 0 bridgehead atoms. The monoisotopic (exact) mass is 460 g/mol. The number of methoxy groups -OCH3 is 1. The molecule has 0 aromatic heterocycles. The minimum Gasteiger partial charge on any atom is -0.495 e. The molecule has 174 valence electrons. The number of ether oxygens (including phenoxy) is 2. The molecule has 0 spiro atoms. The van der Waals surface area contributed by atoms with Crippen molar-refractivity contribution in [1.29, 1.82) is 0 Å². The van der Waals surface area contributed by atoms with Crippen molar-refractivity contribution >= 4 is 21.6 Å². The number of carbonyl (C=O) groups is 1. The van der Waals surface area contributed by atoms with Crippen molar-refractivity contribution in [1.82, 2.24) is 4.31 Å². The average Bonchev–Trinajstić information content (AvgIpc) is 2.78. The first kappa shape index (κ1) is 24.1. The van der Waals surface area contributed by atoms with E-state index >= 15 is 0 Å². The molecular weight excluding hydrogens is 428 g/mol. The van der Waals surface area contributed by atoms with E-state index in [0.717, 1.165) is 24.8 Å². The van der Waals surface area contributed by atoms with Crippen LogP contribution in [-0.4, -0.2) is 45.4 Å². The Morgan fingerprint density at radius 2 is 1.78 bits per heavy atom. The Balaban J connectivity index is 1.71. The molecule has 0 atom stereocenters. The summed E-state index contributed by atoms with van der Waals surface area (Å²) < 4.78 is 38.7. The summed E-state index contributed by atoms with van der Waals surface area (Å²) in [5, 5.41) is 2.72. The quantitative estimate of drug-likeness (QED) is 0.670. The molecule has 3 rings (SSSR count). The van der Waals surface area contributed by atoms with Gasteiger partial charge in [-0.1, -0.05) is 39.3 Å². The zero-order valence-corrected chi connectivity index (χ0v) is 20.0. The normalized spacial score (nSPS) is 15.2. The molecule has 1 aliphatic heterocycles. The second kappa shape index (κ2) is 9.92. The summed E-state index contributed by atoms with van der Waals surface area (Å²) in [5.41, 5.74) is 1.46. The fourth-order valence-electron chi connectivity index (χ4n) is 3.60. The van der Waals surface area contributed by atoms with Crippen LogP contribution in [0.2, 0.25) is 0 Å². The summed E-state index contributed by atoms with van der Waals surface area (Å²) in [4.78, 5) is 12.5. The molecule has 0 saturated carbocycles. The predicted octanol–water partition coefficient (Wildman–Crippen LogP) is 4.18. The SMILES string of the molecule is COc1ccc(NC(=O)COc2cccc(C(C)(C)C)c2)cc1S(=O)(=O)N1CCCCC1. The van der Waals surface area contributed by atoms with E-state index in [1.54, 1.807) is 18.2 Å². The van der Waals surface area contributed by atoms with Crippen molar-refractivity contribution in [3.63, 3.8) is 0 Å². The van der Waals surface area contributed by atoms with Crippen LogP contribution in [0.15, 0.2) is 47.4 Å². The maximum atomic E-state index is 13.1. The van der Waals surface area contributed by atoms with Gasteiger partial charge in [-0.15, -0.1) is 0 Å². The van der Waals surface area contributed by atoms with Gasteiger partial charge in [-0.05, 0) is 54.2 Å². The lowest BCUT2D eigenvalue weighted by Gasteiger charge is -2.26. The highest BCUT2D eigenvalue weighted by Gasteiger charge is 2.29. The van der Waals surface area contributed by atoms with Crippen LogP contribution in [0.4, 0.5) is 5.69 Å². The number of hydrogen-bond acceptors (Lipinski definition) is 5. The number of piperidine rings is 1. The highest BCUT2D eigenvalue weighted by Crippen LogP contribution is 2.31. The lowest BCUT2D eigenvalue weighted by Crippen LogP contribution is -2.35. The molecule has 8 heteroatoms. The van der Waals surface area contributed by atoms with Crippen LogP contribution in [0, 0.1) is 0 Å². The van der Waals surface area contributed by atoms with Crippen molar-refractivity contribution in [2.24, 2.45) is 0 Å². The van der Waals surface area contributed by atoms with Crippen LogP contribution in [0.25, 0.3) is 0 Å². The number of amides is 1. The molecule has 1 fully saturated rings. The number of carbonyl (C=O) groups excluding carboxylic acids is 1. The van der Waals surface area contributed by atoms with Crippen LogP contribution in [0.3, 0.4) is 0 Å². The molecular formula is C24H32N2O5S. The minimum absolute atomic E-state index is 0.0268. The van der Waals surface area contributed by atoms with Gasteiger partial charge in [0.05, 0.1) is 7.11 Å². The number of nitrogens with zero attached hydrogens (tertiary/aromatic N) is 1. The molecule has 7 nitrogen and oxygen atoms in total. The molecule has 1 aliphatic rings. The van der Waals surface area contributed by atoms with Crippen molar-refractivity contribution < 1.29 is 22.7 Å². The third kappa shape index (κ3) is 5.81. The van der Waals surface area contributed by atoms with E-state index in [9.17, 15) is 13.2 Å². The van der Waals surface area contributed by atoms with Gasteiger partial charge in [-0.2, -0.15) is 4.31 Å². The molecule has 1 heterocycles. The highest BCUT2D eigenvalue weighted by atomic mass is 32.2.